The van der Waals surface area contributed by atoms with Gasteiger partial charge in [0.05, 0.1) is 17.9 Å². The van der Waals surface area contributed by atoms with Crippen molar-refractivity contribution in [2.75, 3.05) is 5.75 Å². The number of nitrogens with zero attached hydrogens (tertiary/aromatic N) is 1. The van der Waals surface area contributed by atoms with Gasteiger partial charge in [-0.05, 0) is 26.0 Å². The third-order valence-electron chi connectivity index (χ3n) is 2.56. The Morgan fingerprint density at radius 1 is 1.28 bits per heavy atom. The van der Waals surface area contributed by atoms with Crippen molar-refractivity contribution in [1.82, 2.24) is 4.98 Å². The molecule has 94 valence electrons. The SMILES string of the molecule is Cc1nc(CC(=O)CSc2ccccc2)sc1C. The summed E-state index contributed by atoms with van der Waals surface area (Å²) in [5.74, 6) is 0.749. The molecule has 2 nitrogen and oxygen atoms in total. The van der Waals surface area contributed by atoms with Gasteiger partial charge in [0.1, 0.15) is 10.8 Å². The molecule has 0 aliphatic carbocycles. The summed E-state index contributed by atoms with van der Waals surface area (Å²) in [5.41, 5.74) is 1.04. The van der Waals surface area contributed by atoms with E-state index in [9.17, 15) is 4.79 Å². The number of aryl methyl sites for hydroxylation is 2. The molecule has 2 rings (SSSR count). The number of carbonyl (C=O) groups excluding carboxylic acids is 1. The van der Waals surface area contributed by atoms with Crippen molar-refractivity contribution in [2.45, 2.75) is 25.2 Å². The Kier molecular flexibility index (Phi) is 4.55. The Morgan fingerprint density at radius 3 is 2.61 bits per heavy atom. The minimum atomic E-state index is 0.234. The van der Waals surface area contributed by atoms with E-state index in [2.05, 4.69) is 4.98 Å². The van der Waals surface area contributed by atoms with Gasteiger partial charge in [0.2, 0.25) is 0 Å². The average molecular weight is 277 g/mol. The van der Waals surface area contributed by atoms with Gasteiger partial charge < -0.3 is 0 Å². The van der Waals surface area contributed by atoms with Crippen LogP contribution in [0.5, 0.6) is 0 Å². The predicted molar refractivity (Wildman–Crippen MR) is 77.5 cm³/mol. The zero-order valence-corrected chi connectivity index (χ0v) is 12.1. The van der Waals surface area contributed by atoms with Crippen LogP contribution in [0.1, 0.15) is 15.6 Å². The van der Waals surface area contributed by atoms with E-state index in [4.69, 9.17) is 0 Å². The van der Waals surface area contributed by atoms with Gasteiger partial charge in [0.15, 0.2) is 0 Å². The molecule has 0 bridgehead atoms. The number of carbonyl (C=O) groups is 1. The van der Waals surface area contributed by atoms with Gasteiger partial charge in [-0.15, -0.1) is 23.1 Å². The molecule has 0 N–H and O–H groups in total. The van der Waals surface area contributed by atoms with Gasteiger partial charge in [0.25, 0.3) is 0 Å². The quantitative estimate of drug-likeness (QED) is 0.781. The zero-order valence-electron chi connectivity index (χ0n) is 10.5. The van der Waals surface area contributed by atoms with Gasteiger partial charge in [-0.3, -0.25) is 4.79 Å². The molecule has 0 aliphatic heterocycles. The summed E-state index contributed by atoms with van der Waals surface area (Å²) in [6, 6.07) is 10.00. The van der Waals surface area contributed by atoms with Crippen LogP contribution in [-0.4, -0.2) is 16.5 Å². The summed E-state index contributed by atoms with van der Waals surface area (Å²) < 4.78 is 0. The van der Waals surface area contributed by atoms with Gasteiger partial charge in [-0.1, -0.05) is 18.2 Å². The predicted octanol–water partition coefficient (Wildman–Crippen LogP) is 3.66. The lowest BCUT2D eigenvalue weighted by molar-refractivity contribution is -0.116. The fourth-order valence-electron chi connectivity index (χ4n) is 1.52. The first-order chi connectivity index (χ1) is 8.65. The molecular weight excluding hydrogens is 262 g/mol. The summed E-state index contributed by atoms with van der Waals surface area (Å²) in [6.45, 7) is 4.03. The van der Waals surface area contributed by atoms with Crippen LogP contribution in [0.2, 0.25) is 0 Å². The lowest BCUT2D eigenvalue weighted by Gasteiger charge is -1.99. The van der Waals surface area contributed by atoms with Gasteiger partial charge in [-0.25, -0.2) is 4.98 Å². The third-order valence-corrected chi connectivity index (χ3v) is 4.71. The molecule has 0 spiro atoms. The second kappa shape index (κ2) is 6.16. The first-order valence-electron chi connectivity index (χ1n) is 5.77. The van der Waals surface area contributed by atoms with Gasteiger partial charge >= 0.3 is 0 Å². The van der Waals surface area contributed by atoms with Gasteiger partial charge in [-0.2, -0.15) is 0 Å². The van der Waals surface area contributed by atoms with Crippen LogP contribution in [0, 0.1) is 13.8 Å². The summed E-state index contributed by atoms with van der Waals surface area (Å²) in [5, 5.41) is 0.934. The van der Waals surface area contributed by atoms with Crippen LogP contribution in [0.4, 0.5) is 0 Å². The summed E-state index contributed by atoms with van der Waals surface area (Å²) in [7, 11) is 0. The van der Waals surface area contributed by atoms with Crippen molar-refractivity contribution in [3.05, 3.63) is 45.9 Å². The van der Waals surface area contributed by atoms with E-state index < -0.39 is 0 Å². The van der Waals surface area contributed by atoms with E-state index in [0.717, 1.165) is 15.6 Å². The normalized spacial score (nSPS) is 10.6. The molecule has 0 saturated carbocycles. The standard InChI is InChI=1S/C14H15NOS2/c1-10-11(2)18-14(15-10)8-12(16)9-17-13-6-4-3-5-7-13/h3-7H,8-9H2,1-2H3. The van der Waals surface area contributed by atoms with E-state index in [1.54, 1.807) is 23.1 Å². The molecule has 2 aromatic rings. The number of aromatic nitrogens is 1. The van der Waals surface area contributed by atoms with Crippen LogP contribution in [0.3, 0.4) is 0 Å². The van der Waals surface area contributed by atoms with Crippen molar-refractivity contribution >= 4 is 28.9 Å². The molecule has 18 heavy (non-hydrogen) atoms. The van der Waals surface area contributed by atoms with Crippen molar-refractivity contribution in [2.24, 2.45) is 0 Å². The number of hydrogen-bond acceptors (Lipinski definition) is 4. The van der Waals surface area contributed by atoms with Crippen LogP contribution in [0.25, 0.3) is 0 Å². The number of rotatable bonds is 5. The van der Waals surface area contributed by atoms with Crippen LogP contribution < -0.4 is 0 Å². The molecule has 1 aromatic heterocycles. The molecule has 1 heterocycles. The molecule has 4 heteroatoms. The summed E-state index contributed by atoms with van der Waals surface area (Å²) in [6.07, 6.45) is 0.458. The second-order valence-electron chi connectivity index (χ2n) is 4.07. The van der Waals surface area contributed by atoms with Gasteiger partial charge in [0, 0.05) is 9.77 Å². The summed E-state index contributed by atoms with van der Waals surface area (Å²) >= 11 is 3.21. The Labute approximate surface area is 115 Å². The largest absolute Gasteiger partial charge is 0.298 e. The Bertz CT molecular complexity index is 514. The van der Waals surface area contributed by atoms with E-state index in [1.165, 1.54) is 4.88 Å². The van der Waals surface area contributed by atoms with E-state index in [-0.39, 0.29) is 5.78 Å². The highest BCUT2D eigenvalue weighted by Crippen LogP contribution is 2.20. The second-order valence-corrected chi connectivity index (χ2v) is 6.40. The molecular formula is C14H15NOS2. The molecule has 0 radical (unpaired) electrons. The third kappa shape index (κ3) is 3.68. The molecule has 0 fully saturated rings. The monoisotopic (exact) mass is 277 g/mol. The zero-order chi connectivity index (χ0) is 13.0. The maximum Gasteiger partial charge on any atom is 0.149 e. The van der Waals surface area contributed by atoms with Crippen molar-refractivity contribution < 1.29 is 4.79 Å². The highest BCUT2D eigenvalue weighted by atomic mass is 32.2. The lowest BCUT2D eigenvalue weighted by atomic mass is 10.3. The Balaban J connectivity index is 1.86. The Hall–Kier alpha value is -1.13. The number of thioether (sulfide) groups is 1. The summed E-state index contributed by atoms with van der Waals surface area (Å²) in [4.78, 5) is 18.6. The number of benzene rings is 1. The van der Waals surface area contributed by atoms with Crippen LogP contribution in [0.15, 0.2) is 35.2 Å². The lowest BCUT2D eigenvalue weighted by Crippen LogP contribution is -2.05. The molecule has 0 amide bonds. The van der Waals surface area contributed by atoms with Crippen LogP contribution >= 0.6 is 23.1 Å². The van der Waals surface area contributed by atoms with Crippen LogP contribution in [-0.2, 0) is 11.2 Å². The number of thiazole rings is 1. The first kappa shape index (κ1) is 13.3. The van der Waals surface area contributed by atoms with Crippen molar-refractivity contribution in [3.63, 3.8) is 0 Å². The smallest absolute Gasteiger partial charge is 0.149 e. The minimum absolute atomic E-state index is 0.234. The number of hydrogen-bond donors (Lipinski definition) is 0. The fourth-order valence-corrected chi connectivity index (χ4v) is 3.26. The average Bonchev–Trinajstić information content (AvgIpc) is 2.67. The van der Waals surface area contributed by atoms with Crippen molar-refractivity contribution in [3.8, 4) is 0 Å². The van der Waals surface area contributed by atoms with Crippen molar-refractivity contribution in [1.29, 1.82) is 0 Å². The minimum Gasteiger partial charge on any atom is -0.298 e. The number of ketones is 1. The molecule has 0 unspecified atom stereocenters. The highest BCUT2D eigenvalue weighted by Gasteiger charge is 2.09. The highest BCUT2D eigenvalue weighted by molar-refractivity contribution is 8.00. The van der Waals surface area contributed by atoms with E-state index in [0.29, 0.717) is 12.2 Å². The first-order valence-corrected chi connectivity index (χ1v) is 7.58. The fraction of sp³-hybridized carbons (Fsp3) is 0.286. The maximum absolute atomic E-state index is 11.9. The molecule has 0 atom stereocenters. The molecule has 0 saturated heterocycles. The Morgan fingerprint density at radius 2 is 2.00 bits per heavy atom. The number of Topliss-reactive ketones (excluding diaryl/α,β-unsaturated/α-hetero) is 1. The van der Waals surface area contributed by atoms with E-state index in [1.807, 2.05) is 44.2 Å². The maximum atomic E-state index is 11.9. The molecule has 1 aromatic carbocycles. The van der Waals surface area contributed by atoms with E-state index >= 15 is 0 Å². The molecule has 0 aliphatic rings. The topological polar surface area (TPSA) is 30.0 Å².